The highest BCUT2D eigenvalue weighted by molar-refractivity contribution is 5.96. The van der Waals surface area contributed by atoms with E-state index in [1.165, 1.54) is 6.07 Å². The van der Waals surface area contributed by atoms with Crippen molar-refractivity contribution < 1.29 is 20.5 Å². The van der Waals surface area contributed by atoms with E-state index in [0.29, 0.717) is 22.7 Å². The van der Waals surface area contributed by atoms with Gasteiger partial charge in [0.2, 0.25) is 0 Å². The number of hydrogen-bond donors (Lipinski definition) is 3. The number of carbonyl (C=O) groups excluding carboxylic acids is 1. The normalized spacial score (nSPS) is 16.3. The molecule has 0 fully saturated rings. The lowest BCUT2D eigenvalue weighted by Gasteiger charge is -2.30. The maximum Gasteiger partial charge on any atom is 0.267 e. The van der Waals surface area contributed by atoms with Gasteiger partial charge in [0.15, 0.2) is 6.10 Å². The summed E-state index contributed by atoms with van der Waals surface area (Å²) in [4.78, 5) is 13.0. The van der Waals surface area contributed by atoms with Gasteiger partial charge in [-0.05, 0) is 46.6 Å². The van der Waals surface area contributed by atoms with Gasteiger partial charge in [-0.1, -0.05) is 41.5 Å². The topological polar surface area (TPSA) is 70.6 Å². The third-order valence-corrected chi connectivity index (χ3v) is 5.31. The third kappa shape index (κ3) is 4.37. The molecule has 3 N–H and O–H groups in total. The minimum absolute atomic E-state index is 0. The second-order valence-electron chi connectivity index (χ2n) is 9.99. The molecule has 1 aliphatic heterocycles. The minimum Gasteiger partial charge on any atom is -0.508 e. The van der Waals surface area contributed by atoms with E-state index in [9.17, 15) is 14.3 Å². The molecular weight excluding hydrogens is 383 g/mol. The van der Waals surface area contributed by atoms with Crippen molar-refractivity contribution in [2.75, 3.05) is 17.2 Å². The molecule has 1 atom stereocenters. The van der Waals surface area contributed by atoms with Crippen LogP contribution in [0.4, 0.5) is 15.8 Å². The summed E-state index contributed by atoms with van der Waals surface area (Å²) in [5.41, 5.74) is 2.82. The lowest BCUT2D eigenvalue weighted by Crippen LogP contribution is -2.41. The fourth-order valence-corrected chi connectivity index (χ4v) is 3.56. The van der Waals surface area contributed by atoms with Crippen molar-refractivity contribution in [2.24, 2.45) is 0 Å². The molecular formula is C24H33FN2O3. The van der Waals surface area contributed by atoms with Gasteiger partial charge in [-0.2, -0.15) is 0 Å². The SMILES string of the molecule is Cc1cc2c(cc1F)NCC(C(=O)Nc1cc(O)c(C(C)(C)C)cc1C(C)(C)C)O2.[HH]. The van der Waals surface area contributed by atoms with Crippen LogP contribution in [-0.2, 0) is 15.6 Å². The number of fused-ring (bicyclic) bond motifs is 1. The van der Waals surface area contributed by atoms with Crippen molar-refractivity contribution in [3.63, 3.8) is 0 Å². The summed E-state index contributed by atoms with van der Waals surface area (Å²) >= 11 is 0. The number of rotatable bonds is 2. The molecule has 0 saturated carbocycles. The number of anilines is 2. The number of phenolic OH excluding ortho intramolecular Hbond substituents is 1. The van der Waals surface area contributed by atoms with Crippen LogP contribution < -0.4 is 15.4 Å². The number of hydrogen-bond acceptors (Lipinski definition) is 4. The molecule has 0 aliphatic carbocycles. The molecule has 0 saturated heterocycles. The predicted molar refractivity (Wildman–Crippen MR) is 120 cm³/mol. The largest absolute Gasteiger partial charge is 0.508 e. The molecule has 1 unspecified atom stereocenters. The van der Waals surface area contributed by atoms with Gasteiger partial charge in [-0.25, -0.2) is 4.39 Å². The Hall–Kier alpha value is -2.76. The molecule has 0 aromatic heterocycles. The van der Waals surface area contributed by atoms with E-state index in [0.717, 1.165) is 11.1 Å². The molecule has 164 valence electrons. The summed E-state index contributed by atoms with van der Waals surface area (Å²) in [6, 6.07) is 6.54. The molecule has 2 aromatic carbocycles. The second kappa shape index (κ2) is 7.49. The highest BCUT2D eigenvalue weighted by atomic mass is 19.1. The van der Waals surface area contributed by atoms with Crippen LogP contribution in [0, 0.1) is 12.7 Å². The lowest BCUT2D eigenvalue weighted by molar-refractivity contribution is -0.122. The first-order valence-electron chi connectivity index (χ1n) is 10.2. The highest BCUT2D eigenvalue weighted by Gasteiger charge is 2.30. The van der Waals surface area contributed by atoms with Crippen LogP contribution >= 0.6 is 0 Å². The number of benzene rings is 2. The van der Waals surface area contributed by atoms with Crippen LogP contribution in [0.3, 0.4) is 0 Å². The van der Waals surface area contributed by atoms with Gasteiger partial charge >= 0.3 is 0 Å². The van der Waals surface area contributed by atoms with Gasteiger partial charge in [-0.15, -0.1) is 0 Å². The number of phenols is 1. The van der Waals surface area contributed by atoms with Gasteiger partial charge in [0, 0.05) is 19.2 Å². The van der Waals surface area contributed by atoms with E-state index < -0.39 is 6.10 Å². The lowest BCUT2D eigenvalue weighted by atomic mass is 9.79. The van der Waals surface area contributed by atoms with Crippen molar-refractivity contribution in [1.82, 2.24) is 0 Å². The standard InChI is InChI=1S/C24H31FN2O3.H2/c1-13-8-20-18(10-16(13)25)26-12-21(30-20)22(29)27-17-11-19(28)15(24(5,6)7)9-14(17)23(2,3)4;/h8-11,21,26,28H,12H2,1-7H3,(H,27,29);1H. The zero-order valence-electron chi connectivity index (χ0n) is 18.7. The van der Waals surface area contributed by atoms with Crippen molar-refractivity contribution in [2.45, 2.75) is 65.4 Å². The summed E-state index contributed by atoms with van der Waals surface area (Å²) in [6.45, 7) is 14.2. The number of aromatic hydroxyl groups is 1. The Bertz CT molecular complexity index is 994. The number of halogens is 1. The zero-order valence-corrected chi connectivity index (χ0v) is 18.7. The van der Waals surface area contributed by atoms with Crippen LogP contribution in [0.15, 0.2) is 24.3 Å². The first-order valence-corrected chi connectivity index (χ1v) is 10.2. The Kier molecular flexibility index (Phi) is 5.48. The van der Waals surface area contributed by atoms with Crippen LogP contribution in [0.1, 0.15) is 59.7 Å². The maximum absolute atomic E-state index is 13.8. The Morgan fingerprint density at radius 1 is 1.13 bits per heavy atom. The van der Waals surface area contributed by atoms with E-state index in [4.69, 9.17) is 4.74 Å². The van der Waals surface area contributed by atoms with E-state index >= 15 is 0 Å². The summed E-state index contributed by atoms with van der Waals surface area (Å²) in [5, 5.41) is 16.6. The molecule has 6 heteroatoms. The Balaban J connectivity index is 0.00000341. The predicted octanol–water partition coefficient (Wildman–Crippen LogP) is 5.49. The average Bonchev–Trinajstić information content (AvgIpc) is 2.60. The Morgan fingerprint density at radius 2 is 1.77 bits per heavy atom. The van der Waals surface area contributed by atoms with Gasteiger partial charge in [-0.3, -0.25) is 4.79 Å². The number of nitrogens with one attached hydrogen (secondary N) is 2. The maximum atomic E-state index is 13.8. The molecule has 3 rings (SSSR count). The molecule has 30 heavy (non-hydrogen) atoms. The van der Waals surface area contributed by atoms with Crippen molar-refractivity contribution in [1.29, 1.82) is 0 Å². The monoisotopic (exact) mass is 416 g/mol. The smallest absolute Gasteiger partial charge is 0.267 e. The van der Waals surface area contributed by atoms with E-state index in [1.54, 1.807) is 19.1 Å². The fraction of sp³-hybridized carbons (Fsp3) is 0.458. The first kappa shape index (κ1) is 21.9. The second-order valence-corrected chi connectivity index (χ2v) is 9.99. The number of amides is 1. The van der Waals surface area contributed by atoms with E-state index in [-0.39, 0.29) is 36.3 Å². The Labute approximate surface area is 179 Å². The third-order valence-electron chi connectivity index (χ3n) is 5.31. The molecule has 0 radical (unpaired) electrons. The van der Waals surface area contributed by atoms with Crippen molar-refractivity contribution >= 4 is 17.3 Å². The van der Waals surface area contributed by atoms with E-state index in [2.05, 4.69) is 31.4 Å². The average molecular weight is 417 g/mol. The number of carbonyl (C=O) groups is 1. The van der Waals surface area contributed by atoms with Gasteiger partial charge < -0.3 is 20.5 Å². The molecule has 0 spiro atoms. The number of aryl methyl sites for hydroxylation is 1. The van der Waals surface area contributed by atoms with Crippen LogP contribution in [0.2, 0.25) is 0 Å². The van der Waals surface area contributed by atoms with E-state index in [1.807, 2.05) is 26.8 Å². The summed E-state index contributed by atoms with van der Waals surface area (Å²) in [6.07, 6.45) is -0.778. The van der Waals surface area contributed by atoms with Crippen LogP contribution in [0.25, 0.3) is 0 Å². The van der Waals surface area contributed by atoms with Crippen LogP contribution in [0.5, 0.6) is 11.5 Å². The highest BCUT2D eigenvalue weighted by Crippen LogP contribution is 2.40. The minimum atomic E-state index is -0.778. The summed E-state index contributed by atoms with van der Waals surface area (Å²) in [7, 11) is 0. The molecule has 1 heterocycles. The zero-order chi connectivity index (χ0) is 22.4. The molecule has 1 amide bonds. The van der Waals surface area contributed by atoms with Gasteiger partial charge in [0.05, 0.1) is 12.2 Å². The molecule has 2 aromatic rings. The Morgan fingerprint density at radius 3 is 2.37 bits per heavy atom. The molecule has 1 aliphatic rings. The number of ether oxygens (including phenoxy) is 1. The van der Waals surface area contributed by atoms with Gasteiger partial charge in [0.25, 0.3) is 5.91 Å². The van der Waals surface area contributed by atoms with Crippen molar-refractivity contribution in [3.8, 4) is 11.5 Å². The summed E-state index contributed by atoms with van der Waals surface area (Å²) < 4.78 is 19.6. The van der Waals surface area contributed by atoms with Crippen molar-refractivity contribution in [3.05, 3.63) is 46.8 Å². The molecule has 5 nitrogen and oxygen atoms in total. The molecule has 0 bridgehead atoms. The first-order chi connectivity index (χ1) is 13.8. The van der Waals surface area contributed by atoms with Gasteiger partial charge in [0.1, 0.15) is 17.3 Å². The quantitative estimate of drug-likeness (QED) is 0.605. The van der Waals surface area contributed by atoms with Crippen LogP contribution in [-0.4, -0.2) is 23.7 Å². The fourth-order valence-electron chi connectivity index (χ4n) is 3.56. The summed E-state index contributed by atoms with van der Waals surface area (Å²) in [5.74, 6) is -0.0623.